The van der Waals surface area contributed by atoms with Crippen LogP contribution in [0.1, 0.15) is 26.7 Å². The molecule has 0 saturated carbocycles. The Hall–Kier alpha value is -1.05. The van der Waals surface area contributed by atoms with Crippen LogP contribution in [0.15, 0.2) is 23.9 Å². The van der Waals surface area contributed by atoms with Crippen LogP contribution in [-0.4, -0.2) is 5.91 Å². The second-order valence-corrected chi connectivity index (χ2v) is 3.28. The molecule has 0 spiro atoms. The fourth-order valence-corrected chi connectivity index (χ4v) is 0.993. The van der Waals surface area contributed by atoms with Crippen LogP contribution in [0, 0.1) is 5.92 Å². The third kappa shape index (κ3) is 2.53. The summed E-state index contributed by atoms with van der Waals surface area (Å²) in [6.45, 7) is 3.78. The first-order valence-corrected chi connectivity index (χ1v) is 4.37. The van der Waals surface area contributed by atoms with E-state index in [1.807, 2.05) is 19.9 Å². The quantitative estimate of drug-likeness (QED) is 0.666. The minimum atomic E-state index is 0.0567. The first kappa shape index (κ1) is 9.04. The van der Waals surface area contributed by atoms with Crippen LogP contribution in [0.2, 0.25) is 0 Å². The molecule has 66 valence electrons. The highest BCUT2D eigenvalue weighted by Gasteiger charge is 2.07. The lowest BCUT2D eigenvalue weighted by Gasteiger charge is -2.10. The SMILES string of the molecule is CC(C)C(=O)NC1=CCCC=C1. The molecule has 1 amide bonds. The summed E-state index contributed by atoms with van der Waals surface area (Å²) in [7, 11) is 0. The Balaban J connectivity index is 2.46. The van der Waals surface area contributed by atoms with Crippen LogP contribution in [-0.2, 0) is 4.79 Å². The van der Waals surface area contributed by atoms with Crippen molar-refractivity contribution in [1.82, 2.24) is 5.32 Å². The van der Waals surface area contributed by atoms with E-state index in [0.717, 1.165) is 18.5 Å². The predicted molar refractivity (Wildman–Crippen MR) is 49.4 cm³/mol. The number of carbonyl (C=O) groups is 1. The first-order valence-electron chi connectivity index (χ1n) is 4.37. The lowest BCUT2D eigenvalue weighted by atomic mass is 10.1. The van der Waals surface area contributed by atoms with Crippen molar-refractivity contribution in [3.8, 4) is 0 Å². The molecular formula is C10H15NO. The maximum atomic E-state index is 11.2. The number of rotatable bonds is 2. The molecule has 0 unspecified atom stereocenters. The van der Waals surface area contributed by atoms with E-state index in [1.165, 1.54) is 0 Å². The van der Waals surface area contributed by atoms with E-state index in [2.05, 4.69) is 17.5 Å². The second-order valence-electron chi connectivity index (χ2n) is 3.28. The van der Waals surface area contributed by atoms with E-state index in [9.17, 15) is 4.79 Å². The van der Waals surface area contributed by atoms with Gasteiger partial charge in [-0.05, 0) is 18.9 Å². The van der Waals surface area contributed by atoms with Gasteiger partial charge in [0.25, 0.3) is 0 Å². The largest absolute Gasteiger partial charge is 0.326 e. The number of carbonyl (C=O) groups excluding carboxylic acids is 1. The van der Waals surface area contributed by atoms with Gasteiger partial charge in [0.05, 0.1) is 0 Å². The average molecular weight is 165 g/mol. The second kappa shape index (κ2) is 4.10. The van der Waals surface area contributed by atoms with Gasteiger partial charge in [0.1, 0.15) is 0 Å². The summed E-state index contributed by atoms with van der Waals surface area (Å²) in [4.78, 5) is 11.2. The highest BCUT2D eigenvalue weighted by molar-refractivity contribution is 5.80. The molecule has 2 nitrogen and oxygen atoms in total. The van der Waals surface area contributed by atoms with Crippen LogP contribution in [0.4, 0.5) is 0 Å². The lowest BCUT2D eigenvalue weighted by Crippen LogP contribution is -2.26. The summed E-state index contributed by atoms with van der Waals surface area (Å²) in [5.74, 6) is 0.147. The Kier molecular flexibility index (Phi) is 3.09. The minimum Gasteiger partial charge on any atom is -0.326 e. The van der Waals surface area contributed by atoms with Gasteiger partial charge in [-0.1, -0.05) is 26.0 Å². The molecule has 0 aromatic rings. The molecule has 0 aromatic carbocycles. The van der Waals surface area contributed by atoms with Crippen LogP contribution < -0.4 is 5.32 Å². The predicted octanol–water partition coefficient (Wildman–Crippen LogP) is 1.99. The maximum Gasteiger partial charge on any atom is 0.226 e. The monoisotopic (exact) mass is 165 g/mol. The van der Waals surface area contributed by atoms with E-state index < -0.39 is 0 Å². The number of hydrogen-bond donors (Lipinski definition) is 1. The average Bonchev–Trinajstić information content (AvgIpc) is 2.06. The lowest BCUT2D eigenvalue weighted by molar-refractivity contribution is -0.123. The van der Waals surface area contributed by atoms with Crippen molar-refractivity contribution in [3.05, 3.63) is 23.9 Å². The highest BCUT2D eigenvalue weighted by atomic mass is 16.1. The van der Waals surface area contributed by atoms with Crippen molar-refractivity contribution in [1.29, 1.82) is 0 Å². The Bertz CT molecular complexity index is 226. The van der Waals surface area contributed by atoms with Crippen molar-refractivity contribution < 1.29 is 4.79 Å². The van der Waals surface area contributed by atoms with Crippen LogP contribution >= 0.6 is 0 Å². The van der Waals surface area contributed by atoms with Gasteiger partial charge in [-0.3, -0.25) is 4.79 Å². The van der Waals surface area contributed by atoms with Gasteiger partial charge in [-0.2, -0.15) is 0 Å². The van der Waals surface area contributed by atoms with E-state index in [0.29, 0.717) is 0 Å². The number of amides is 1. The van der Waals surface area contributed by atoms with Crippen molar-refractivity contribution in [2.24, 2.45) is 5.92 Å². The summed E-state index contributed by atoms with van der Waals surface area (Å²) >= 11 is 0. The standard InChI is InChI=1S/C10H15NO/c1-8(2)10(12)11-9-6-4-3-5-7-9/h4,6-8H,3,5H2,1-2H3,(H,11,12). The Morgan fingerprint density at radius 1 is 1.50 bits per heavy atom. The third-order valence-corrected chi connectivity index (χ3v) is 1.79. The molecule has 0 bridgehead atoms. The van der Waals surface area contributed by atoms with Crippen LogP contribution in [0.5, 0.6) is 0 Å². The van der Waals surface area contributed by atoms with E-state index in [4.69, 9.17) is 0 Å². The van der Waals surface area contributed by atoms with Crippen molar-refractivity contribution in [2.45, 2.75) is 26.7 Å². The molecule has 0 heterocycles. The van der Waals surface area contributed by atoms with Gasteiger partial charge in [0, 0.05) is 11.6 Å². The number of allylic oxidation sites excluding steroid dienone is 3. The topological polar surface area (TPSA) is 29.1 Å². The van der Waals surface area contributed by atoms with Crippen molar-refractivity contribution >= 4 is 5.91 Å². The Morgan fingerprint density at radius 2 is 2.25 bits per heavy atom. The highest BCUT2D eigenvalue weighted by Crippen LogP contribution is 2.07. The van der Waals surface area contributed by atoms with Gasteiger partial charge in [0.15, 0.2) is 0 Å². The third-order valence-electron chi connectivity index (χ3n) is 1.79. The number of nitrogens with one attached hydrogen (secondary N) is 1. The van der Waals surface area contributed by atoms with Gasteiger partial charge in [-0.15, -0.1) is 0 Å². The fraction of sp³-hybridized carbons (Fsp3) is 0.500. The summed E-state index contributed by atoms with van der Waals surface area (Å²) in [5, 5.41) is 2.85. The zero-order valence-corrected chi connectivity index (χ0v) is 7.63. The summed E-state index contributed by atoms with van der Waals surface area (Å²) in [5.41, 5.74) is 0.944. The van der Waals surface area contributed by atoms with Gasteiger partial charge in [0.2, 0.25) is 5.91 Å². The normalized spacial score (nSPS) is 16.1. The van der Waals surface area contributed by atoms with Gasteiger partial charge in [-0.25, -0.2) is 0 Å². The molecule has 0 aliphatic heterocycles. The van der Waals surface area contributed by atoms with E-state index in [-0.39, 0.29) is 11.8 Å². The fourth-order valence-electron chi connectivity index (χ4n) is 0.993. The molecule has 1 N–H and O–H groups in total. The Labute approximate surface area is 73.4 Å². The molecule has 0 atom stereocenters. The minimum absolute atomic E-state index is 0.0567. The van der Waals surface area contributed by atoms with Crippen LogP contribution in [0.25, 0.3) is 0 Å². The zero-order valence-electron chi connectivity index (χ0n) is 7.63. The molecular weight excluding hydrogens is 150 g/mol. The molecule has 0 fully saturated rings. The van der Waals surface area contributed by atoms with E-state index >= 15 is 0 Å². The van der Waals surface area contributed by atoms with Crippen LogP contribution in [0.3, 0.4) is 0 Å². The van der Waals surface area contributed by atoms with Crippen molar-refractivity contribution in [3.63, 3.8) is 0 Å². The molecule has 1 aliphatic carbocycles. The summed E-state index contributed by atoms with van der Waals surface area (Å²) < 4.78 is 0. The Morgan fingerprint density at radius 3 is 2.75 bits per heavy atom. The molecule has 12 heavy (non-hydrogen) atoms. The zero-order chi connectivity index (χ0) is 8.97. The molecule has 1 aliphatic rings. The first-order chi connectivity index (χ1) is 5.70. The summed E-state index contributed by atoms with van der Waals surface area (Å²) in [6, 6.07) is 0. The smallest absolute Gasteiger partial charge is 0.226 e. The van der Waals surface area contributed by atoms with Gasteiger partial charge < -0.3 is 5.32 Å². The molecule has 1 rings (SSSR count). The molecule has 0 radical (unpaired) electrons. The summed E-state index contributed by atoms with van der Waals surface area (Å²) in [6.07, 6.45) is 8.21. The number of hydrogen-bond acceptors (Lipinski definition) is 1. The molecule has 0 saturated heterocycles. The van der Waals surface area contributed by atoms with E-state index in [1.54, 1.807) is 0 Å². The van der Waals surface area contributed by atoms with Crippen molar-refractivity contribution in [2.75, 3.05) is 0 Å². The maximum absolute atomic E-state index is 11.2. The molecule has 2 heteroatoms. The molecule has 0 aromatic heterocycles. The van der Waals surface area contributed by atoms with Gasteiger partial charge >= 0.3 is 0 Å².